The summed E-state index contributed by atoms with van der Waals surface area (Å²) in [5, 5.41) is 3.46. The highest BCUT2D eigenvalue weighted by molar-refractivity contribution is 9.10. The number of rotatable bonds is 5. The standard InChI is InChI=1S/C13H15BrN4/c14-11-3-10(4-15-5-11)7-18-8-13(17-9-18)6-16-12-1-2-12/h3-5,8-9,12,16H,1-2,6-7H2. The smallest absolute Gasteiger partial charge is 0.0953 e. The van der Waals surface area contributed by atoms with Crippen molar-refractivity contribution >= 4 is 15.9 Å². The van der Waals surface area contributed by atoms with Gasteiger partial charge in [0.1, 0.15) is 0 Å². The zero-order chi connectivity index (χ0) is 12.4. The maximum Gasteiger partial charge on any atom is 0.0953 e. The van der Waals surface area contributed by atoms with Crippen molar-refractivity contribution in [2.75, 3.05) is 0 Å². The van der Waals surface area contributed by atoms with Crippen LogP contribution in [0.5, 0.6) is 0 Å². The summed E-state index contributed by atoms with van der Waals surface area (Å²) in [4.78, 5) is 8.56. The Labute approximate surface area is 115 Å². The molecule has 0 atom stereocenters. The fourth-order valence-corrected chi connectivity index (χ4v) is 2.29. The normalized spacial score (nSPS) is 14.9. The predicted molar refractivity (Wildman–Crippen MR) is 73.1 cm³/mol. The molecule has 0 aliphatic heterocycles. The van der Waals surface area contributed by atoms with Crippen LogP contribution in [0, 0.1) is 0 Å². The molecule has 0 bridgehead atoms. The summed E-state index contributed by atoms with van der Waals surface area (Å²) in [6.07, 6.45) is 10.3. The summed E-state index contributed by atoms with van der Waals surface area (Å²) in [7, 11) is 0. The lowest BCUT2D eigenvalue weighted by Crippen LogP contribution is -2.15. The van der Waals surface area contributed by atoms with Crippen molar-refractivity contribution in [3.05, 3.63) is 46.7 Å². The molecule has 0 radical (unpaired) electrons. The van der Waals surface area contributed by atoms with E-state index in [-0.39, 0.29) is 0 Å². The average Bonchev–Trinajstić information content (AvgIpc) is 3.08. The maximum absolute atomic E-state index is 4.40. The van der Waals surface area contributed by atoms with Crippen molar-refractivity contribution in [1.82, 2.24) is 19.9 Å². The highest BCUT2D eigenvalue weighted by Crippen LogP contribution is 2.19. The molecule has 18 heavy (non-hydrogen) atoms. The van der Waals surface area contributed by atoms with Crippen molar-refractivity contribution in [3.63, 3.8) is 0 Å². The van der Waals surface area contributed by atoms with Gasteiger partial charge in [-0.3, -0.25) is 4.98 Å². The average molecular weight is 307 g/mol. The Morgan fingerprint density at radius 2 is 2.28 bits per heavy atom. The molecule has 0 saturated heterocycles. The van der Waals surface area contributed by atoms with Gasteiger partial charge in [-0.2, -0.15) is 0 Å². The first kappa shape index (κ1) is 11.9. The van der Waals surface area contributed by atoms with Gasteiger partial charge in [0.2, 0.25) is 0 Å². The van der Waals surface area contributed by atoms with Gasteiger partial charge in [-0.25, -0.2) is 4.98 Å². The van der Waals surface area contributed by atoms with E-state index in [1.165, 1.54) is 18.4 Å². The Balaban J connectivity index is 1.61. The van der Waals surface area contributed by atoms with Crippen LogP contribution < -0.4 is 5.32 Å². The minimum Gasteiger partial charge on any atom is -0.333 e. The third-order valence-corrected chi connectivity index (χ3v) is 3.40. The number of nitrogens with one attached hydrogen (secondary N) is 1. The molecule has 0 amide bonds. The maximum atomic E-state index is 4.40. The predicted octanol–water partition coefficient (Wildman–Crippen LogP) is 2.34. The molecule has 94 valence electrons. The molecule has 1 N–H and O–H groups in total. The number of pyridine rings is 1. The number of nitrogens with zero attached hydrogens (tertiary/aromatic N) is 3. The van der Waals surface area contributed by atoms with Gasteiger partial charge in [0.05, 0.1) is 18.6 Å². The van der Waals surface area contributed by atoms with Crippen LogP contribution in [0.1, 0.15) is 24.1 Å². The topological polar surface area (TPSA) is 42.7 Å². The SMILES string of the molecule is Brc1cncc(Cn2cnc(CNC3CC3)c2)c1. The second-order valence-corrected chi connectivity index (χ2v) is 5.62. The van der Waals surface area contributed by atoms with Crippen LogP contribution in [0.3, 0.4) is 0 Å². The quantitative estimate of drug-likeness (QED) is 0.922. The van der Waals surface area contributed by atoms with Crippen LogP contribution in [0.15, 0.2) is 35.5 Å². The zero-order valence-corrected chi connectivity index (χ0v) is 11.6. The summed E-state index contributed by atoms with van der Waals surface area (Å²) in [5.41, 5.74) is 2.27. The molecule has 1 saturated carbocycles. The molecule has 0 aromatic carbocycles. The number of hydrogen-bond donors (Lipinski definition) is 1. The van der Waals surface area contributed by atoms with E-state index < -0.39 is 0 Å². The molecule has 1 aliphatic rings. The van der Waals surface area contributed by atoms with Crippen LogP contribution in [0.2, 0.25) is 0 Å². The van der Waals surface area contributed by atoms with Crippen LogP contribution >= 0.6 is 15.9 Å². The molecule has 2 heterocycles. The lowest BCUT2D eigenvalue weighted by Gasteiger charge is -2.02. The molecule has 1 aliphatic carbocycles. The van der Waals surface area contributed by atoms with Gasteiger partial charge in [-0.05, 0) is 40.4 Å². The van der Waals surface area contributed by atoms with E-state index in [0.29, 0.717) is 0 Å². The van der Waals surface area contributed by atoms with E-state index in [2.05, 4.69) is 48.0 Å². The Morgan fingerprint density at radius 3 is 3.06 bits per heavy atom. The van der Waals surface area contributed by atoms with Crippen molar-refractivity contribution in [2.24, 2.45) is 0 Å². The first-order valence-corrected chi connectivity index (χ1v) is 6.92. The van der Waals surface area contributed by atoms with E-state index in [1.54, 1.807) is 6.20 Å². The van der Waals surface area contributed by atoms with Crippen LogP contribution in [-0.4, -0.2) is 20.6 Å². The van der Waals surface area contributed by atoms with Gasteiger partial charge in [0.25, 0.3) is 0 Å². The van der Waals surface area contributed by atoms with Gasteiger partial charge in [0, 0.05) is 35.6 Å². The largest absolute Gasteiger partial charge is 0.333 e. The van der Waals surface area contributed by atoms with Gasteiger partial charge >= 0.3 is 0 Å². The van der Waals surface area contributed by atoms with Gasteiger partial charge in [0.15, 0.2) is 0 Å². The van der Waals surface area contributed by atoms with Crippen LogP contribution in [-0.2, 0) is 13.1 Å². The number of hydrogen-bond acceptors (Lipinski definition) is 3. The Morgan fingerprint density at radius 1 is 1.39 bits per heavy atom. The van der Waals surface area contributed by atoms with E-state index in [0.717, 1.165) is 29.3 Å². The second-order valence-electron chi connectivity index (χ2n) is 4.70. The van der Waals surface area contributed by atoms with Crippen molar-refractivity contribution < 1.29 is 0 Å². The van der Waals surface area contributed by atoms with Crippen molar-refractivity contribution in [1.29, 1.82) is 0 Å². The number of halogens is 1. The van der Waals surface area contributed by atoms with Gasteiger partial charge < -0.3 is 9.88 Å². The molecule has 0 spiro atoms. The Hall–Kier alpha value is -1.20. The minimum atomic E-state index is 0.726. The van der Waals surface area contributed by atoms with Crippen molar-refractivity contribution in [2.45, 2.75) is 32.0 Å². The lowest BCUT2D eigenvalue weighted by molar-refractivity contribution is 0.676. The third-order valence-electron chi connectivity index (χ3n) is 2.96. The summed E-state index contributed by atoms with van der Waals surface area (Å²) >= 11 is 3.43. The van der Waals surface area contributed by atoms with E-state index >= 15 is 0 Å². The van der Waals surface area contributed by atoms with Gasteiger partial charge in [-0.15, -0.1) is 0 Å². The molecule has 5 heteroatoms. The monoisotopic (exact) mass is 306 g/mol. The van der Waals surface area contributed by atoms with Crippen LogP contribution in [0.4, 0.5) is 0 Å². The first-order chi connectivity index (χ1) is 8.79. The lowest BCUT2D eigenvalue weighted by atomic mass is 10.3. The van der Waals surface area contributed by atoms with E-state index in [9.17, 15) is 0 Å². The number of aromatic nitrogens is 3. The third kappa shape index (κ3) is 3.17. The molecule has 1 fully saturated rings. The highest BCUT2D eigenvalue weighted by atomic mass is 79.9. The zero-order valence-electron chi connectivity index (χ0n) is 10.0. The molecule has 2 aromatic heterocycles. The molecular formula is C13H15BrN4. The fraction of sp³-hybridized carbons (Fsp3) is 0.385. The summed E-state index contributed by atoms with van der Waals surface area (Å²) < 4.78 is 3.10. The minimum absolute atomic E-state index is 0.726. The van der Waals surface area contributed by atoms with E-state index in [1.807, 2.05) is 12.5 Å². The molecule has 3 rings (SSSR count). The second kappa shape index (κ2) is 5.20. The molecule has 4 nitrogen and oxygen atoms in total. The van der Waals surface area contributed by atoms with Gasteiger partial charge in [-0.1, -0.05) is 0 Å². The van der Waals surface area contributed by atoms with Crippen molar-refractivity contribution in [3.8, 4) is 0 Å². The fourth-order valence-electron chi connectivity index (χ4n) is 1.87. The Kier molecular flexibility index (Phi) is 3.43. The Bertz CT molecular complexity index is 533. The highest BCUT2D eigenvalue weighted by Gasteiger charge is 2.20. The van der Waals surface area contributed by atoms with E-state index in [4.69, 9.17) is 0 Å². The molecular weight excluding hydrogens is 292 g/mol. The molecule has 0 unspecified atom stereocenters. The molecule has 2 aromatic rings. The number of imidazole rings is 1. The summed E-state index contributed by atoms with van der Waals surface area (Å²) in [6, 6.07) is 2.80. The summed E-state index contributed by atoms with van der Waals surface area (Å²) in [5.74, 6) is 0. The first-order valence-electron chi connectivity index (χ1n) is 6.13. The van der Waals surface area contributed by atoms with Crippen LogP contribution in [0.25, 0.3) is 0 Å². The summed E-state index contributed by atoms with van der Waals surface area (Å²) in [6.45, 7) is 1.68.